The molecule has 1 fully saturated rings. The topological polar surface area (TPSA) is 18.5 Å². The van der Waals surface area contributed by atoms with Crippen LogP contribution in [-0.4, -0.2) is 31.4 Å². The monoisotopic (exact) mass is 296 g/mol. The predicted molar refractivity (Wildman–Crippen MR) is 56.6 cm³/mol. The third-order valence-electron chi connectivity index (χ3n) is 2.35. The van der Waals surface area contributed by atoms with E-state index in [0.717, 1.165) is 0 Å². The second-order valence-electron chi connectivity index (χ2n) is 4.02. The van der Waals surface area contributed by atoms with Crippen molar-refractivity contribution < 1.29 is 35.8 Å². The number of hydrogen-bond acceptors (Lipinski definition) is 2. The van der Waals surface area contributed by atoms with Gasteiger partial charge in [0, 0.05) is 0 Å². The Bertz CT molecular complexity index is 225. The lowest BCUT2D eigenvalue weighted by atomic mass is 10.2. The minimum atomic E-state index is -5.62. The zero-order chi connectivity index (χ0) is 15.2. The molecule has 0 amide bonds. The van der Waals surface area contributed by atoms with Crippen LogP contribution in [0.5, 0.6) is 0 Å². The van der Waals surface area contributed by atoms with Crippen LogP contribution in [0.1, 0.15) is 39.5 Å². The van der Waals surface area contributed by atoms with E-state index in [1.165, 1.54) is 19.3 Å². The lowest BCUT2D eigenvalue weighted by Crippen LogP contribution is -2.62. The van der Waals surface area contributed by atoms with Crippen LogP contribution in [0.4, 0.5) is 26.3 Å². The van der Waals surface area contributed by atoms with Crippen LogP contribution in [0.15, 0.2) is 0 Å². The van der Waals surface area contributed by atoms with Gasteiger partial charge in [0.2, 0.25) is 0 Å². The number of halogens is 6. The second-order valence-corrected chi connectivity index (χ2v) is 4.02. The lowest BCUT2D eigenvalue weighted by molar-refractivity contribution is -0.479. The molecule has 0 aromatic rings. The minimum absolute atomic E-state index is 0.00785. The van der Waals surface area contributed by atoms with Gasteiger partial charge in [-0.2, -0.15) is 26.3 Å². The van der Waals surface area contributed by atoms with Crippen molar-refractivity contribution >= 4 is 0 Å². The molecule has 1 aliphatic rings. The lowest BCUT2D eigenvalue weighted by Gasteiger charge is -2.38. The molecule has 8 heteroatoms. The summed E-state index contributed by atoms with van der Waals surface area (Å²) in [6, 6.07) is 0. The maximum atomic E-state index is 12.1. The van der Waals surface area contributed by atoms with Gasteiger partial charge >= 0.3 is 18.1 Å². The summed E-state index contributed by atoms with van der Waals surface area (Å²) in [4.78, 5) is 0. The largest absolute Gasteiger partial charge is 0.453 e. The summed E-state index contributed by atoms with van der Waals surface area (Å²) in [7, 11) is 0. The Balaban J connectivity index is 0.000000555. The molecular weight excluding hydrogens is 278 g/mol. The first-order valence-corrected chi connectivity index (χ1v) is 6.03. The molecule has 1 rings (SSSR count). The predicted octanol–water partition coefficient (Wildman–Crippen LogP) is 4.44. The molecule has 19 heavy (non-hydrogen) atoms. The van der Waals surface area contributed by atoms with Crippen molar-refractivity contribution in [3.8, 4) is 0 Å². The molecule has 0 saturated carbocycles. The van der Waals surface area contributed by atoms with E-state index in [1.807, 2.05) is 0 Å². The molecule has 0 aromatic heterocycles. The summed E-state index contributed by atoms with van der Waals surface area (Å²) in [5.74, 6) is -4.45. The fourth-order valence-electron chi connectivity index (χ4n) is 1.37. The van der Waals surface area contributed by atoms with Crippen LogP contribution in [0.25, 0.3) is 0 Å². The van der Waals surface area contributed by atoms with Gasteiger partial charge in [-0.3, -0.25) is 0 Å². The number of rotatable bonds is 2. The number of hydrogen-bond donors (Lipinski definition) is 0. The molecule has 0 spiro atoms. The van der Waals surface area contributed by atoms with Gasteiger partial charge < -0.3 is 9.47 Å². The minimum Gasteiger partial charge on any atom is -0.335 e. The SMILES string of the molecule is CCCCC.FC(F)(F)C1(C(F)(F)F)OCCCO1. The maximum Gasteiger partial charge on any atom is 0.453 e. The van der Waals surface area contributed by atoms with Crippen LogP contribution in [-0.2, 0) is 9.47 Å². The van der Waals surface area contributed by atoms with Gasteiger partial charge in [0.25, 0.3) is 0 Å². The van der Waals surface area contributed by atoms with Gasteiger partial charge in [0.15, 0.2) is 0 Å². The third-order valence-corrected chi connectivity index (χ3v) is 2.35. The van der Waals surface area contributed by atoms with Crippen molar-refractivity contribution in [2.45, 2.75) is 57.7 Å². The summed E-state index contributed by atoms with van der Waals surface area (Å²) in [6.45, 7) is 3.17. The van der Waals surface area contributed by atoms with Gasteiger partial charge in [-0.1, -0.05) is 33.1 Å². The normalized spacial score (nSPS) is 19.6. The third kappa shape index (κ3) is 4.83. The highest BCUT2D eigenvalue weighted by atomic mass is 19.4. The first-order valence-electron chi connectivity index (χ1n) is 6.03. The van der Waals surface area contributed by atoms with Crippen molar-refractivity contribution in [2.75, 3.05) is 13.2 Å². The van der Waals surface area contributed by atoms with Crippen molar-refractivity contribution in [2.24, 2.45) is 0 Å². The van der Waals surface area contributed by atoms with Gasteiger partial charge in [-0.25, -0.2) is 0 Å². The average Bonchev–Trinajstić information content (AvgIpc) is 2.29. The van der Waals surface area contributed by atoms with E-state index < -0.39 is 31.4 Å². The zero-order valence-corrected chi connectivity index (χ0v) is 10.8. The first kappa shape index (κ1) is 18.5. The fraction of sp³-hybridized carbons (Fsp3) is 1.00. The van der Waals surface area contributed by atoms with Gasteiger partial charge in [-0.15, -0.1) is 0 Å². The highest BCUT2D eigenvalue weighted by Crippen LogP contribution is 2.47. The Morgan fingerprint density at radius 3 is 1.37 bits per heavy atom. The maximum absolute atomic E-state index is 12.1. The van der Waals surface area contributed by atoms with E-state index in [4.69, 9.17) is 0 Å². The van der Waals surface area contributed by atoms with E-state index in [2.05, 4.69) is 23.3 Å². The smallest absolute Gasteiger partial charge is 0.335 e. The van der Waals surface area contributed by atoms with Crippen LogP contribution in [0, 0.1) is 0 Å². The molecule has 0 aromatic carbocycles. The summed E-state index contributed by atoms with van der Waals surface area (Å²) in [5.41, 5.74) is 0. The van der Waals surface area contributed by atoms with Crippen molar-refractivity contribution in [3.05, 3.63) is 0 Å². The van der Waals surface area contributed by atoms with Gasteiger partial charge in [0.05, 0.1) is 13.2 Å². The Hall–Kier alpha value is -0.500. The number of unbranched alkanes of at least 4 members (excludes halogenated alkanes) is 2. The quantitative estimate of drug-likeness (QED) is 0.701. The molecule has 0 unspecified atom stereocenters. The Morgan fingerprint density at radius 2 is 1.21 bits per heavy atom. The molecule has 2 nitrogen and oxygen atoms in total. The highest BCUT2D eigenvalue weighted by Gasteiger charge is 2.75. The van der Waals surface area contributed by atoms with Crippen LogP contribution in [0.2, 0.25) is 0 Å². The van der Waals surface area contributed by atoms with E-state index in [0.29, 0.717) is 0 Å². The summed E-state index contributed by atoms with van der Waals surface area (Å²) in [6.07, 6.45) is -7.15. The summed E-state index contributed by atoms with van der Waals surface area (Å²) < 4.78 is 80.2. The van der Waals surface area contributed by atoms with Gasteiger partial charge in [0.1, 0.15) is 0 Å². The van der Waals surface area contributed by atoms with Crippen LogP contribution >= 0.6 is 0 Å². The molecule has 0 bridgehead atoms. The van der Waals surface area contributed by atoms with E-state index in [1.54, 1.807) is 0 Å². The Labute approximate surface area is 108 Å². The average molecular weight is 296 g/mol. The van der Waals surface area contributed by atoms with Crippen molar-refractivity contribution in [3.63, 3.8) is 0 Å². The first-order chi connectivity index (χ1) is 8.62. The highest BCUT2D eigenvalue weighted by molar-refractivity contribution is 4.88. The molecule has 0 atom stereocenters. The van der Waals surface area contributed by atoms with Gasteiger partial charge in [-0.05, 0) is 6.42 Å². The molecule has 0 N–H and O–H groups in total. The van der Waals surface area contributed by atoms with Crippen molar-refractivity contribution in [1.29, 1.82) is 0 Å². The molecule has 116 valence electrons. The standard InChI is InChI=1S/C6H6F6O2.C5H12/c7-5(8,9)4(6(10,11)12)13-2-1-3-14-4;1-3-5-4-2/h1-3H2;3-5H2,1-2H3. The molecule has 0 radical (unpaired) electrons. The summed E-state index contributed by atoms with van der Waals surface area (Å²) >= 11 is 0. The fourth-order valence-corrected chi connectivity index (χ4v) is 1.37. The molecular formula is C11H18F6O2. The Kier molecular flexibility index (Phi) is 7.13. The number of alkyl halides is 6. The Morgan fingerprint density at radius 1 is 0.842 bits per heavy atom. The van der Waals surface area contributed by atoms with E-state index in [-0.39, 0.29) is 6.42 Å². The van der Waals surface area contributed by atoms with Crippen molar-refractivity contribution in [1.82, 2.24) is 0 Å². The molecule has 1 heterocycles. The number of ether oxygens (including phenoxy) is 2. The van der Waals surface area contributed by atoms with Crippen LogP contribution < -0.4 is 0 Å². The van der Waals surface area contributed by atoms with Crippen LogP contribution in [0.3, 0.4) is 0 Å². The molecule has 1 saturated heterocycles. The van der Waals surface area contributed by atoms with E-state index >= 15 is 0 Å². The zero-order valence-electron chi connectivity index (χ0n) is 10.8. The summed E-state index contributed by atoms with van der Waals surface area (Å²) in [5, 5.41) is 0. The second kappa shape index (κ2) is 7.33. The molecule has 0 aliphatic carbocycles. The van der Waals surface area contributed by atoms with E-state index in [9.17, 15) is 26.3 Å². The molecule has 1 aliphatic heterocycles.